The van der Waals surface area contributed by atoms with Crippen molar-refractivity contribution >= 4 is 5.91 Å². The lowest BCUT2D eigenvalue weighted by Gasteiger charge is -2.21. The van der Waals surface area contributed by atoms with Gasteiger partial charge in [0.25, 0.3) is 0 Å². The van der Waals surface area contributed by atoms with E-state index in [9.17, 15) is 4.79 Å². The van der Waals surface area contributed by atoms with E-state index in [0.717, 1.165) is 19.4 Å². The second-order valence-electron chi connectivity index (χ2n) is 3.27. The van der Waals surface area contributed by atoms with Crippen molar-refractivity contribution in [2.45, 2.75) is 39.2 Å². The largest absolute Gasteiger partial charge is 0.368 e. The first kappa shape index (κ1) is 10.4. The summed E-state index contributed by atoms with van der Waals surface area (Å²) in [5.74, 6) is -0.298. The number of carbonyl (C=O) groups excluding carboxylic acids is 1. The average molecular weight is 158 g/mol. The molecule has 0 aliphatic heterocycles. The van der Waals surface area contributed by atoms with E-state index in [4.69, 9.17) is 5.73 Å². The molecule has 1 amide bonds. The summed E-state index contributed by atoms with van der Waals surface area (Å²) in [7, 11) is 0. The molecule has 3 nitrogen and oxygen atoms in total. The molecule has 0 bridgehead atoms. The number of carbonyl (C=O) groups is 1. The maximum atomic E-state index is 10.8. The molecule has 0 unspecified atom stereocenters. The number of unbranched alkanes of at least 4 members (excludes halogenated alkanes) is 1. The van der Waals surface area contributed by atoms with Crippen LogP contribution in [0.15, 0.2) is 0 Å². The third kappa shape index (κ3) is 3.98. The molecule has 0 aliphatic rings. The Hall–Kier alpha value is -0.570. The highest BCUT2D eigenvalue weighted by Gasteiger charge is 2.22. The number of hydrogen-bond acceptors (Lipinski definition) is 2. The van der Waals surface area contributed by atoms with Crippen LogP contribution in [0, 0.1) is 0 Å². The van der Waals surface area contributed by atoms with Gasteiger partial charge in [0.05, 0.1) is 5.54 Å². The number of nitrogens with one attached hydrogen (secondary N) is 1. The molecule has 0 aliphatic carbocycles. The summed E-state index contributed by atoms with van der Waals surface area (Å²) in [6.45, 7) is 6.56. The molecule has 0 aromatic carbocycles. The van der Waals surface area contributed by atoms with E-state index in [0.29, 0.717) is 0 Å². The van der Waals surface area contributed by atoms with Crippen LogP contribution >= 0.6 is 0 Å². The zero-order valence-electron chi connectivity index (χ0n) is 7.61. The van der Waals surface area contributed by atoms with Crippen LogP contribution in [0.5, 0.6) is 0 Å². The predicted molar refractivity (Wildman–Crippen MR) is 46.2 cm³/mol. The van der Waals surface area contributed by atoms with Crippen molar-refractivity contribution in [3.05, 3.63) is 0 Å². The Kier molecular flexibility index (Phi) is 4.11. The summed E-state index contributed by atoms with van der Waals surface area (Å²) in [5.41, 5.74) is 4.59. The lowest BCUT2D eigenvalue weighted by Crippen LogP contribution is -2.50. The van der Waals surface area contributed by atoms with E-state index >= 15 is 0 Å². The molecule has 0 aromatic rings. The van der Waals surface area contributed by atoms with Gasteiger partial charge in [-0.2, -0.15) is 0 Å². The third-order valence-corrected chi connectivity index (χ3v) is 1.71. The number of amides is 1. The van der Waals surface area contributed by atoms with Crippen molar-refractivity contribution in [1.29, 1.82) is 0 Å². The van der Waals surface area contributed by atoms with Crippen LogP contribution in [0.3, 0.4) is 0 Å². The minimum Gasteiger partial charge on any atom is -0.368 e. The van der Waals surface area contributed by atoms with Crippen molar-refractivity contribution < 1.29 is 4.79 Å². The predicted octanol–water partition coefficient (Wildman–Crippen LogP) is 0.640. The first-order chi connectivity index (χ1) is 5.00. The van der Waals surface area contributed by atoms with Crippen LogP contribution in [0.1, 0.15) is 33.6 Å². The van der Waals surface area contributed by atoms with Gasteiger partial charge in [-0.3, -0.25) is 4.79 Å². The number of rotatable bonds is 5. The fourth-order valence-electron chi connectivity index (χ4n) is 0.665. The summed E-state index contributed by atoms with van der Waals surface area (Å²) >= 11 is 0. The standard InChI is InChI=1S/C8H18N2O/c1-4-5-6-10-8(2,3)7(9)11/h10H,4-6H2,1-3H3,(H2,9,11). The van der Waals surface area contributed by atoms with Gasteiger partial charge in [0.1, 0.15) is 0 Å². The Balaban J connectivity index is 3.64. The fraction of sp³-hybridized carbons (Fsp3) is 0.875. The molecule has 66 valence electrons. The highest BCUT2D eigenvalue weighted by molar-refractivity contribution is 5.83. The fourth-order valence-corrected chi connectivity index (χ4v) is 0.665. The van der Waals surface area contributed by atoms with Gasteiger partial charge in [-0.25, -0.2) is 0 Å². The Morgan fingerprint density at radius 2 is 2.09 bits per heavy atom. The van der Waals surface area contributed by atoms with Gasteiger partial charge in [-0.15, -0.1) is 0 Å². The molecule has 3 heteroatoms. The Bertz CT molecular complexity index is 132. The van der Waals surface area contributed by atoms with Gasteiger partial charge in [0.2, 0.25) is 5.91 Å². The average Bonchev–Trinajstić information content (AvgIpc) is 1.88. The maximum Gasteiger partial charge on any atom is 0.237 e. The number of hydrogen-bond donors (Lipinski definition) is 2. The quantitative estimate of drug-likeness (QED) is 0.577. The van der Waals surface area contributed by atoms with E-state index in [1.807, 2.05) is 0 Å². The highest BCUT2D eigenvalue weighted by atomic mass is 16.1. The van der Waals surface area contributed by atoms with Gasteiger partial charge in [0.15, 0.2) is 0 Å². The zero-order chi connectivity index (χ0) is 8.91. The monoisotopic (exact) mass is 158 g/mol. The van der Waals surface area contributed by atoms with Gasteiger partial charge in [0, 0.05) is 0 Å². The molecule has 0 aromatic heterocycles. The van der Waals surface area contributed by atoms with Gasteiger partial charge in [-0.05, 0) is 26.8 Å². The van der Waals surface area contributed by atoms with Crippen molar-refractivity contribution in [2.75, 3.05) is 6.54 Å². The van der Waals surface area contributed by atoms with Crippen molar-refractivity contribution in [1.82, 2.24) is 5.32 Å². The van der Waals surface area contributed by atoms with Crippen molar-refractivity contribution in [3.63, 3.8) is 0 Å². The SMILES string of the molecule is CCCCNC(C)(C)C(N)=O. The Labute approximate surface area is 68.3 Å². The Morgan fingerprint density at radius 3 is 2.45 bits per heavy atom. The molecule has 3 N–H and O–H groups in total. The normalized spacial score (nSPS) is 11.5. The van der Waals surface area contributed by atoms with E-state index in [1.54, 1.807) is 13.8 Å². The molecule has 0 heterocycles. The van der Waals surface area contributed by atoms with Crippen molar-refractivity contribution in [2.24, 2.45) is 5.73 Å². The smallest absolute Gasteiger partial charge is 0.237 e. The van der Waals surface area contributed by atoms with Gasteiger partial charge >= 0.3 is 0 Å². The molecule has 0 rings (SSSR count). The van der Waals surface area contributed by atoms with E-state index < -0.39 is 5.54 Å². The number of nitrogens with two attached hydrogens (primary N) is 1. The third-order valence-electron chi connectivity index (χ3n) is 1.71. The Morgan fingerprint density at radius 1 is 1.55 bits per heavy atom. The summed E-state index contributed by atoms with van der Waals surface area (Å²) < 4.78 is 0. The first-order valence-corrected chi connectivity index (χ1v) is 4.05. The van der Waals surface area contributed by atoms with Crippen LogP contribution in [0.4, 0.5) is 0 Å². The molecule has 0 saturated heterocycles. The van der Waals surface area contributed by atoms with E-state index in [1.165, 1.54) is 0 Å². The summed E-state index contributed by atoms with van der Waals surface area (Å²) in [5, 5.41) is 3.08. The molecular formula is C8H18N2O. The molecule has 0 atom stereocenters. The number of primary amides is 1. The molecule has 11 heavy (non-hydrogen) atoms. The first-order valence-electron chi connectivity index (χ1n) is 4.05. The summed E-state index contributed by atoms with van der Waals surface area (Å²) in [6, 6.07) is 0. The van der Waals surface area contributed by atoms with Crippen LogP contribution in [-0.2, 0) is 4.79 Å². The lowest BCUT2D eigenvalue weighted by molar-refractivity contribution is -0.123. The second-order valence-corrected chi connectivity index (χ2v) is 3.27. The van der Waals surface area contributed by atoms with Crippen molar-refractivity contribution in [3.8, 4) is 0 Å². The van der Waals surface area contributed by atoms with E-state index in [-0.39, 0.29) is 5.91 Å². The lowest BCUT2D eigenvalue weighted by atomic mass is 10.1. The van der Waals surface area contributed by atoms with Crippen LogP contribution in [0.25, 0.3) is 0 Å². The molecule has 0 radical (unpaired) electrons. The van der Waals surface area contributed by atoms with Crippen LogP contribution in [0.2, 0.25) is 0 Å². The van der Waals surface area contributed by atoms with Gasteiger partial charge < -0.3 is 11.1 Å². The van der Waals surface area contributed by atoms with E-state index in [2.05, 4.69) is 12.2 Å². The minimum atomic E-state index is -0.560. The molecular weight excluding hydrogens is 140 g/mol. The highest BCUT2D eigenvalue weighted by Crippen LogP contribution is 2.00. The second kappa shape index (κ2) is 4.34. The van der Waals surface area contributed by atoms with Gasteiger partial charge in [-0.1, -0.05) is 13.3 Å². The molecule has 0 spiro atoms. The van der Waals surface area contributed by atoms with Crippen LogP contribution < -0.4 is 11.1 Å². The van der Waals surface area contributed by atoms with Crippen LogP contribution in [-0.4, -0.2) is 18.0 Å². The topological polar surface area (TPSA) is 55.1 Å². The molecule has 0 fully saturated rings. The summed E-state index contributed by atoms with van der Waals surface area (Å²) in [4.78, 5) is 10.8. The molecule has 0 saturated carbocycles. The maximum absolute atomic E-state index is 10.8. The zero-order valence-corrected chi connectivity index (χ0v) is 7.61. The summed E-state index contributed by atoms with van der Waals surface area (Å²) in [6.07, 6.45) is 2.21. The minimum absolute atomic E-state index is 0.298.